The third-order valence-electron chi connectivity index (χ3n) is 4.65. The number of rotatable bonds is 4. The van der Waals surface area contributed by atoms with Crippen molar-refractivity contribution in [2.45, 2.75) is 77.0 Å². The molecule has 3 atom stereocenters. The number of carbonyl (C=O) groups is 2. The highest BCUT2D eigenvalue weighted by atomic mass is 16.6. The Hall–Kier alpha value is -1.30. The van der Waals surface area contributed by atoms with Gasteiger partial charge in [0, 0.05) is 31.5 Å². The third-order valence-corrected chi connectivity index (χ3v) is 4.65. The van der Waals surface area contributed by atoms with Crippen LogP contribution in [0.2, 0.25) is 0 Å². The molecule has 2 amide bonds. The van der Waals surface area contributed by atoms with Crippen molar-refractivity contribution in [1.29, 1.82) is 0 Å². The molecule has 1 saturated carbocycles. The summed E-state index contributed by atoms with van der Waals surface area (Å²) in [6.45, 7) is 6.46. The maximum atomic E-state index is 12.4. The second-order valence-corrected chi connectivity index (χ2v) is 7.64. The zero-order chi connectivity index (χ0) is 17.0. The van der Waals surface area contributed by atoms with E-state index in [-0.39, 0.29) is 36.9 Å². The summed E-state index contributed by atoms with van der Waals surface area (Å²) in [6, 6.07) is 0.168. The van der Waals surface area contributed by atoms with Crippen molar-refractivity contribution in [2.75, 3.05) is 13.1 Å². The Morgan fingerprint density at radius 1 is 1.22 bits per heavy atom. The molecule has 2 fully saturated rings. The molecule has 23 heavy (non-hydrogen) atoms. The van der Waals surface area contributed by atoms with Crippen LogP contribution in [0.1, 0.15) is 59.3 Å². The lowest BCUT2D eigenvalue weighted by Gasteiger charge is -2.31. The van der Waals surface area contributed by atoms with Gasteiger partial charge < -0.3 is 20.1 Å². The zero-order valence-corrected chi connectivity index (χ0v) is 14.5. The lowest BCUT2D eigenvalue weighted by atomic mass is 9.94. The molecule has 132 valence electrons. The Morgan fingerprint density at radius 2 is 1.96 bits per heavy atom. The van der Waals surface area contributed by atoms with Crippen LogP contribution in [0.25, 0.3) is 0 Å². The SMILES string of the molecule is CC(C)(C)OC(=O)NCCC(=O)N1CCC[C@@H]1[C@@H]1CCC[C@@H]1O. The Labute approximate surface area is 138 Å². The van der Waals surface area contributed by atoms with Crippen molar-refractivity contribution in [3.05, 3.63) is 0 Å². The largest absolute Gasteiger partial charge is 0.444 e. The van der Waals surface area contributed by atoms with Crippen molar-refractivity contribution in [3.63, 3.8) is 0 Å². The Morgan fingerprint density at radius 3 is 2.57 bits per heavy atom. The van der Waals surface area contributed by atoms with Crippen LogP contribution in [-0.2, 0) is 9.53 Å². The van der Waals surface area contributed by atoms with E-state index in [4.69, 9.17) is 4.74 Å². The van der Waals surface area contributed by atoms with Crippen LogP contribution in [0.15, 0.2) is 0 Å². The molecule has 6 heteroatoms. The van der Waals surface area contributed by atoms with Gasteiger partial charge in [-0.05, 0) is 46.5 Å². The number of alkyl carbamates (subject to hydrolysis) is 1. The number of ether oxygens (including phenoxy) is 1. The molecule has 0 unspecified atom stereocenters. The van der Waals surface area contributed by atoms with Crippen LogP contribution < -0.4 is 5.32 Å². The maximum Gasteiger partial charge on any atom is 0.407 e. The standard InChI is InChI=1S/C17H30N2O4/c1-17(2,3)23-16(22)18-10-9-15(21)19-11-5-7-13(19)12-6-4-8-14(12)20/h12-14,20H,4-11H2,1-3H3,(H,18,22)/t12-,13+,14-/m0/s1. The summed E-state index contributed by atoms with van der Waals surface area (Å²) in [4.78, 5) is 25.9. The number of hydrogen-bond donors (Lipinski definition) is 2. The molecule has 0 spiro atoms. The van der Waals surface area contributed by atoms with E-state index in [1.807, 2.05) is 4.90 Å². The van der Waals surface area contributed by atoms with E-state index < -0.39 is 11.7 Å². The number of likely N-dealkylation sites (tertiary alicyclic amines) is 1. The molecule has 0 bridgehead atoms. The van der Waals surface area contributed by atoms with Gasteiger partial charge in [0.2, 0.25) is 5.91 Å². The molecule has 0 aromatic carbocycles. The first-order valence-corrected chi connectivity index (χ1v) is 8.72. The lowest BCUT2D eigenvalue weighted by Crippen LogP contribution is -2.43. The molecule has 2 aliphatic rings. The van der Waals surface area contributed by atoms with E-state index >= 15 is 0 Å². The van der Waals surface area contributed by atoms with E-state index in [0.29, 0.717) is 0 Å². The molecule has 6 nitrogen and oxygen atoms in total. The fourth-order valence-electron chi connectivity index (χ4n) is 3.69. The Kier molecular flexibility index (Phi) is 5.89. The Balaban J connectivity index is 1.77. The van der Waals surface area contributed by atoms with Gasteiger partial charge in [-0.2, -0.15) is 0 Å². The van der Waals surface area contributed by atoms with Gasteiger partial charge in [0.25, 0.3) is 0 Å². The summed E-state index contributed by atoms with van der Waals surface area (Å²) in [6.07, 6.45) is 4.40. The molecular formula is C17H30N2O4. The first-order chi connectivity index (χ1) is 10.8. The normalized spacial score (nSPS) is 28.0. The first kappa shape index (κ1) is 18.0. The fourth-order valence-corrected chi connectivity index (χ4v) is 3.69. The van der Waals surface area contributed by atoms with Crippen LogP contribution in [0, 0.1) is 5.92 Å². The number of nitrogens with zero attached hydrogens (tertiary/aromatic N) is 1. The number of hydrogen-bond acceptors (Lipinski definition) is 4. The van der Waals surface area contributed by atoms with Crippen LogP contribution in [0.3, 0.4) is 0 Å². The Bertz CT molecular complexity index is 433. The average molecular weight is 326 g/mol. The van der Waals surface area contributed by atoms with Crippen LogP contribution in [0.4, 0.5) is 4.79 Å². The minimum atomic E-state index is -0.535. The average Bonchev–Trinajstić information content (AvgIpc) is 3.04. The summed E-state index contributed by atoms with van der Waals surface area (Å²) in [5.74, 6) is 0.280. The molecule has 1 aliphatic carbocycles. The minimum Gasteiger partial charge on any atom is -0.444 e. The highest BCUT2D eigenvalue weighted by Crippen LogP contribution is 2.35. The molecule has 0 aromatic rings. The summed E-state index contributed by atoms with van der Waals surface area (Å²) >= 11 is 0. The van der Waals surface area contributed by atoms with Crippen molar-refractivity contribution >= 4 is 12.0 Å². The number of carbonyl (C=O) groups excluding carboxylic acids is 2. The quantitative estimate of drug-likeness (QED) is 0.829. The van der Waals surface area contributed by atoms with Crippen LogP contribution >= 0.6 is 0 Å². The van der Waals surface area contributed by atoms with Crippen molar-refractivity contribution in [1.82, 2.24) is 10.2 Å². The zero-order valence-electron chi connectivity index (χ0n) is 14.5. The van der Waals surface area contributed by atoms with Gasteiger partial charge in [0.15, 0.2) is 0 Å². The second-order valence-electron chi connectivity index (χ2n) is 7.64. The first-order valence-electron chi connectivity index (χ1n) is 8.72. The van der Waals surface area contributed by atoms with Gasteiger partial charge in [-0.1, -0.05) is 6.42 Å². The second kappa shape index (κ2) is 7.51. The van der Waals surface area contributed by atoms with E-state index in [1.54, 1.807) is 20.8 Å². The highest BCUT2D eigenvalue weighted by Gasteiger charge is 2.39. The molecule has 0 aromatic heterocycles. The lowest BCUT2D eigenvalue weighted by molar-refractivity contribution is -0.133. The summed E-state index contributed by atoms with van der Waals surface area (Å²) in [5.41, 5.74) is -0.535. The van der Waals surface area contributed by atoms with Crippen LogP contribution in [0.5, 0.6) is 0 Å². The third kappa shape index (κ3) is 5.09. The van der Waals surface area contributed by atoms with E-state index in [1.165, 1.54) is 0 Å². The summed E-state index contributed by atoms with van der Waals surface area (Å²) < 4.78 is 5.15. The topological polar surface area (TPSA) is 78.9 Å². The van der Waals surface area contributed by atoms with Gasteiger partial charge in [-0.3, -0.25) is 4.79 Å². The van der Waals surface area contributed by atoms with Crippen molar-refractivity contribution in [3.8, 4) is 0 Å². The molecule has 0 radical (unpaired) electrons. The summed E-state index contributed by atoms with van der Waals surface area (Å²) in [5, 5.41) is 12.7. The molecule has 1 aliphatic heterocycles. The number of amides is 2. The van der Waals surface area contributed by atoms with Crippen molar-refractivity contribution in [2.24, 2.45) is 5.92 Å². The molecule has 2 N–H and O–H groups in total. The number of aliphatic hydroxyl groups excluding tert-OH is 1. The minimum absolute atomic E-state index is 0.0580. The van der Waals surface area contributed by atoms with Crippen molar-refractivity contribution < 1.29 is 19.4 Å². The van der Waals surface area contributed by atoms with Gasteiger partial charge >= 0.3 is 6.09 Å². The maximum absolute atomic E-state index is 12.4. The molecule has 1 heterocycles. The number of aliphatic hydroxyl groups is 1. The molecule has 2 rings (SSSR count). The van der Waals surface area contributed by atoms with E-state index in [9.17, 15) is 14.7 Å². The van der Waals surface area contributed by atoms with Crippen LogP contribution in [-0.4, -0.2) is 52.8 Å². The van der Waals surface area contributed by atoms with Gasteiger partial charge in [0.05, 0.1) is 6.10 Å². The van der Waals surface area contributed by atoms with E-state index in [2.05, 4.69) is 5.32 Å². The molecular weight excluding hydrogens is 296 g/mol. The predicted octanol–water partition coefficient (Wildman–Crippen LogP) is 2.05. The van der Waals surface area contributed by atoms with Gasteiger partial charge in [-0.15, -0.1) is 0 Å². The number of nitrogens with one attached hydrogen (secondary N) is 1. The van der Waals surface area contributed by atoms with Gasteiger partial charge in [0.1, 0.15) is 5.60 Å². The molecule has 1 saturated heterocycles. The summed E-state index contributed by atoms with van der Waals surface area (Å²) in [7, 11) is 0. The fraction of sp³-hybridized carbons (Fsp3) is 0.882. The monoisotopic (exact) mass is 326 g/mol. The smallest absolute Gasteiger partial charge is 0.407 e. The van der Waals surface area contributed by atoms with E-state index in [0.717, 1.165) is 38.6 Å². The predicted molar refractivity (Wildman–Crippen MR) is 86.9 cm³/mol. The van der Waals surface area contributed by atoms with Gasteiger partial charge in [-0.25, -0.2) is 4.79 Å². The highest BCUT2D eigenvalue weighted by molar-refractivity contribution is 5.78.